The highest BCUT2D eigenvalue weighted by molar-refractivity contribution is 7.40. The number of unbranched alkanes of at least 4 members (excludes halogenated alkanes) is 14. The number of hydrogen-bond acceptors (Lipinski definition) is 2. The summed E-state index contributed by atoms with van der Waals surface area (Å²) >= 11 is 0. The highest BCUT2D eigenvalue weighted by atomic mass is 31.1. The average Bonchev–Trinajstić information content (AvgIpc) is 2.57. The Bertz CT molecular complexity index is 318. The molecule has 0 aromatic carbocycles. The van der Waals surface area contributed by atoms with Gasteiger partial charge in [0.2, 0.25) is 5.16 Å². The first-order valence-corrected chi connectivity index (χ1v) is 12.0. The maximum Gasteiger partial charge on any atom is 0.514 e. The highest BCUT2D eigenvalue weighted by Crippen LogP contribution is 2.39. The summed E-state index contributed by atoms with van der Waals surface area (Å²) in [5.41, 5.74) is 0. The first-order chi connectivity index (χ1) is 11.9. The lowest BCUT2D eigenvalue weighted by Gasteiger charge is -2.18. The summed E-state index contributed by atoms with van der Waals surface area (Å²) in [5.74, 6) is 0. The van der Waals surface area contributed by atoms with Gasteiger partial charge in [0.15, 0.2) is 0 Å². The molecule has 4 heteroatoms. The molecule has 0 aromatic rings. The van der Waals surface area contributed by atoms with Crippen molar-refractivity contribution in [1.29, 1.82) is 0 Å². The molecule has 0 rings (SSSR count). The lowest BCUT2D eigenvalue weighted by atomic mass is 9.99. The van der Waals surface area contributed by atoms with E-state index in [0.717, 1.165) is 12.8 Å². The van der Waals surface area contributed by atoms with Gasteiger partial charge >= 0.3 is 8.03 Å². The van der Waals surface area contributed by atoms with Gasteiger partial charge in [-0.2, -0.15) is 4.89 Å². The Morgan fingerprint density at radius 2 is 1.04 bits per heavy atom. The van der Waals surface area contributed by atoms with Crippen LogP contribution in [0.4, 0.5) is 0 Å². The minimum atomic E-state index is -2.33. The zero-order valence-corrected chi connectivity index (χ0v) is 18.0. The molecule has 0 saturated heterocycles. The van der Waals surface area contributed by atoms with Crippen molar-refractivity contribution >= 4 is 8.03 Å². The molecule has 0 aliphatic rings. The fraction of sp³-hybridized carbons (Fsp3) is 1.00. The Morgan fingerprint density at radius 1 is 0.720 bits per heavy atom. The second kappa shape index (κ2) is 16.2. The lowest BCUT2D eigenvalue weighted by molar-refractivity contribution is 0.121. The van der Waals surface area contributed by atoms with E-state index in [4.69, 9.17) is 0 Å². The van der Waals surface area contributed by atoms with Crippen LogP contribution in [0, 0.1) is 0 Å². The van der Waals surface area contributed by atoms with Crippen LogP contribution in [0.15, 0.2) is 0 Å². The van der Waals surface area contributed by atoms with Crippen LogP contribution in [-0.4, -0.2) is 21.3 Å². The first kappa shape index (κ1) is 25.0. The summed E-state index contributed by atoms with van der Waals surface area (Å²) in [5, 5.41) is 9.12. The standard InChI is InChI=1S/C21H43O3P/c1-4-5-6-7-8-9-10-11-12-13-14-15-16-17-18-19-20(22)21(2,3)25(23)24/h20,22H,4-19H2,1-3H3/p+1. The zero-order chi connectivity index (χ0) is 19.0. The molecule has 3 nitrogen and oxygen atoms in total. The predicted molar refractivity (Wildman–Crippen MR) is 109 cm³/mol. The molecule has 0 heterocycles. The molecule has 0 amide bonds. The summed E-state index contributed by atoms with van der Waals surface area (Å²) in [6.45, 7) is 5.61. The van der Waals surface area contributed by atoms with Gasteiger partial charge < -0.3 is 5.11 Å². The molecule has 0 bridgehead atoms. The monoisotopic (exact) mass is 375 g/mol. The average molecular weight is 376 g/mol. The van der Waals surface area contributed by atoms with Crippen LogP contribution in [-0.2, 0) is 4.57 Å². The molecule has 25 heavy (non-hydrogen) atoms. The Hall–Kier alpha value is 0.0200. The molecule has 2 N–H and O–H groups in total. The van der Waals surface area contributed by atoms with E-state index >= 15 is 0 Å². The van der Waals surface area contributed by atoms with Crippen LogP contribution in [0.3, 0.4) is 0 Å². The summed E-state index contributed by atoms with van der Waals surface area (Å²) in [6, 6.07) is 0. The van der Waals surface area contributed by atoms with E-state index < -0.39 is 19.3 Å². The van der Waals surface area contributed by atoms with Gasteiger partial charge in [-0.05, 0) is 24.8 Å². The Morgan fingerprint density at radius 3 is 1.36 bits per heavy atom. The van der Waals surface area contributed by atoms with Crippen molar-refractivity contribution in [3.8, 4) is 0 Å². The minimum absolute atomic E-state index is 0.632. The van der Waals surface area contributed by atoms with Crippen molar-refractivity contribution in [2.24, 2.45) is 0 Å². The van der Waals surface area contributed by atoms with Crippen LogP contribution in [0.2, 0.25) is 0 Å². The van der Waals surface area contributed by atoms with Crippen molar-refractivity contribution in [1.82, 2.24) is 0 Å². The SMILES string of the molecule is CCCCCCCCCCCCCCCCCC(O)C(C)(C)[P+](=O)O. The van der Waals surface area contributed by atoms with Crippen LogP contribution in [0.1, 0.15) is 124 Å². The Balaban J connectivity index is 3.28. The van der Waals surface area contributed by atoms with Crippen molar-refractivity contribution < 1.29 is 14.6 Å². The molecule has 0 fully saturated rings. The van der Waals surface area contributed by atoms with Crippen molar-refractivity contribution in [2.45, 2.75) is 135 Å². The second-order valence-corrected chi connectivity index (χ2v) is 9.88. The molecular formula is C21H44O3P+. The van der Waals surface area contributed by atoms with E-state index in [0.29, 0.717) is 6.42 Å². The maximum atomic E-state index is 11.2. The van der Waals surface area contributed by atoms with Crippen LogP contribution in [0.5, 0.6) is 0 Å². The fourth-order valence-electron chi connectivity index (χ4n) is 3.19. The topological polar surface area (TPSA) is 57.5 Å². The third kappa shape index (κ3) is 13.8. The molecule has 0 aliphatic heterocycles. The smallest absolute Gasteiger partial charge is 0.388 e. The summed E-state index contributed by atoms with van der Waals surface area (Å²) in [7, 11) is -2.33. The molecule has 2 unspecified atom stereocenters. The summed E-state index contributed by atoms with van der Waals surface area (Å²) in [6.07, 6.45) is 19.8. The third-order valence-corrected chi connectivity index (χ3v) is 6.67. The zero-order valence-electron chi connectivity index (χ0n) is 17.1. The molecular weight excluding hydrogens is 331 g/mol. The molecule has 150 valence electrons. The highest BCUT2D eigenvalue weighted by Gasteiger charge is 2.45. The van der Waals surface area contributed by atoms with Gasteiger partial charge in [-0.25, -0.2) is 0 Å². The quantitative estimate of drug-likeness (QED) is 0.198. The van der Waals surface area contributed by atoms with Crippen LogP contribution < -0.4 is 0 Å². The molecule has 0 aliphatic carbocycles. The normalized spacial score (nSPS) is 13.9. The van der Waals surface area contributed by atoms with Gasteiger partial charge in [0.05, 0.1) is 0 Å². The molecule has 2 atom stereocenters. The van der Waals surface area contributed by atoms with Gasteiger partial charge in [0.1, 0.15) is 6.10 Å². The summed E-state index contributed by atoms with van der Waals surface area (Å²) < 4.78 is 11.2. The van der Waals surface area contributed by atoms with Crippen molar-refractivity contribution in [3.05, 3.63) is 0 Å². The number of aliphatic hydroxyl groups excluding tert-OH is 1. The van der Waals surface area contributed by atoms with Gasteiger partial charge in [0.25, 0.3) is 0 Å². The number of aliphatic hydroxyl groups is 1. The van der Waals surface area contributed by atoms with Gasteiger partial charge in [-0.3, -0.25) is 0 Å². The third-order valence-electron chi connectivity index (χ3n) is 5.39. The molecule has 0 saturated carbocycles. The first-order valence-electron chi connectivity index (χ1n) is 10.8. The Kier molecular flexibility index (Phi) is 16.2. The van der Waals surface area contributed by atoms with E-state index in [1.165, 1.54) is 83.5 Å². The molecule has 0 spiro atoms. The summed E-state index contributed by atoms with van der Waals surface area (Å²) in [4.78, 5) is 9.23. The molecule has 0 radical (unpaired) electrons. The molecule has 0 aromatic heterocycles. The van der Waals surface area contributed by atoms with E-state index in [1.54, 1.807) is 13.8 Å². The fourth-order valence-corrected chi connectivity index (χ4v) is 3.57. The van der Waals surface area contributed by atoms with Crippen LogP contribution in [0.25, 0.3) is 0 Å². The largest absolute Gasteiger partial charge is 0.514 e. The van der Waals surface area contributed by atoms with Crippen LogP contribution >= 0.6 is 8.03 Å². The van der Waals surface area contributed by atoms with E-state index in [9.17, 15) is 14.6 Å². The van der Waals surface area contributed by atoms with Crippen molar-refractivity contribution in [3.63, 3.8) is 0 Å². The van der Waals surface area contributed by atoms with Crippen molar-refractivity contribution in [2.75, 3.05) is 0 Å². The maximum absolute atomic E-state index is 11.2. The Labute approximate surface area is 157 Å². The van der Waals surface area contributed by atoms with Gasteiger partial charge in [0, 0.05) is 0 Å². The number of hydrogen-bond donors (Lipinski definition) is 2. The van der Waals surface area contributed by atoms with E-state index in [1.807, 2.05) is 0 Å². The van der Waals surface area contributed by atoms with Gasteiger partial charge in [-0.15, -0.1) is 0 Å². The second-order valence-electron chi connectivity index (χ2n) is 8.18. The van der Waals surface area contributed by atoms with Gasteiger partial charge in [-0.1, -0.05) is 103 Å². The minimum Gasteiger partial charge on any atom is -0.388 e. The van der Waals surface area contributed by atoms with E-state index in [2.05, 4.69) is 6.92 Å². The number of rotatable bonds is 18. The lowest BCUT2D eigenvalue weighted by Crippen LogP contribution is -2.32. The predicted octanol–water partition coefficient (Wildman–Crippen LogP) is 7.12. The van der Waals surface area contributed by atoms with E-state index in [-0.39, 0.29) is 0 Å².